The Morgan fingerprint density at radius 2 is 1.89 bits per heavy atom. The van der Waals surface area contributed by atoms with E-state index in [1.807, 2.05) is 25.1 Å². The fourth-order valence-electron chi connectivity index (χ4n) is 2.44. The van der Waals surface area contributed by atoms with Gasteiger partial charge in [-0.1, -0.05) is 30.3 Å². The Kier molecular flexibility index (Phi) is 8.65. The summed E-state index contributed by atoms with van der Waals surface area (Å²) in [6.45, 7) is 5.61. The van der Waals surface area contributed by atoms with Crippen LogP contribution >= 0.6 is 46.7 Å². The molecule has 3 rings (SSSR count). The van der Waals surface area contributed by atoms with Crippen LogP contribution in [0.5, 0.6) is 0 Å². The molecule has 0 aliphatic heterocycles. The average Bonchev–Trinajstić information content (AvgIpc) is 3.25. The molecule has 5 nitrogen and oxygen atoms in total. The van der Waals surface area contributed by atoms with Gasteiger partial charge in [-0.15, -0.1) is 46.7 Å². The third-order valence-corrected chi connectivity index (χ3v) is 5.96. The van der Waals surface area contributed by atoms with E-state index in [1.165, 1.54) is 10.4 Å². The third-order valence-electron chi connectivity index (χ3n) is 3.95. The van der Waals surface area contributed by atoms with E-state index in [1.54, 1.807) is 29.7 Å². The molecule has 2 heterocycles. The Labute approximate surface area is 185 Å². The van der Waals surface area contributed by atoms with Crippen molar-refractivity contribution in [1.29, 1.82) is 0 Å². The molecule has 0 amide bonds. The van der Waals surface area contributed by atoms with Gasteiger partial charge in [0, 0.05) is 35.8 Å². The topological polar surface area (TPSA) is 62.2 Å². The van der Waals surface area contributed by atoms with Crippen molar-refractivity contribution in [3.8, 4) is 10.6 Å². The summed E-state index contributed by atoms with van der Waals surface area (Å²) in [5.41, 5.74) is 3.37. The Morgan fingerprint density at radius 3 is 2.56 bits per heavy atom. The van der Waals surface area contributed by atoms with Crippen LogP contribution in [-0.4, -0.2) is 29.5 Å². The van der Waals surface area contributed by atoms with Gasteiger partial charge in [-0.3, -0.25) is 4.99 Å². The van der Waals surface area contributed by atoms with Crippen molar-refractivity contribution >= 4 is 52.6 Å². The molecule has 2 N–H and O–H groups in total. The first-order valence-corrected chi connectivity index (χ1v) is 10.2. The average molecular weight is 513 g/mol. The summed E-state index contributed by atoms with van der Waals surface area (Å²) >= 11 is 3.41. The predicted octanol–water partition coefficient (Wildman–Crippen LogP) is 4.41. The number of thiazole rings is 2. The first kappa shape index (κ1) is 21.8. The minimum atomic E-state index is 0. The van der Waals surface area contributed by atoms with Crippen molar-refractivity contribution < 1.29 is 0 Å². The molecule has 0 aliphatic carbocycles. The molecule has 0 aliphatic rings. The van der Waals surface area contributed by atoms with Crippen LogP contribution in [0, 0.1) is 13.8 Å². The van der Waals surface area contributed by atoms with Crippen LogP contribution in [0.25, 0.3) is 10.6 Å². The van der Waals surface area contributed by atoms with Gasteiger partial charge in [-0.05, 0) is 13.8 Å². The number of halogens is 1. The summed E-state index contributed by atoms with van der Waals surface area (Å²) in [6.07, 6.45) is 0.861. The largest absolute Gasteiger partial charge is 0.356 e. The summed E-state index contributed by atoms with van der Waals surface area (Å²) in [7, 11) is 1.78. The number of aliphatic imine (C=N–C) groups is 1. The standard InChI is InChI=1S/C19H23N5S2.HI/c1-13-14(2)26-17(23-13)11-22-19(20-3)21-10-9-16-12-25-18(24-16)15-7-5-4-6-8-15;/h4-8,12H,9-11H2,1-3H3,(H2,20,21,22);1H. The zero-order valence-electron chi connectivity index (χ0n) is 15.7. The summed E-state index contributed by atoms with van der Waals surface area (Å²) in [6, 6.07) is 10.3. The lowest BCUT2D eigenvalue weighted by atomic mass is 10.2. The second-order valence-electron chi connectivity index (χ2n) is 5.86. The molecular formula is C19H24IN5S2. The van der Waals surface area contributed by atoms with E-state index in [2.05, 4.69) is 45.0 Å². The molecular weight excluding hydrogens is 489 g/mol. The number of hydrogen-bond acceptors (Lipinski definition) is 5. The fraction of sp³-hybridized carbons (Fsp3) is 0.316. The highest BCUT2D eigenvalue weighted by Gasteiger charge is 2.06. The van der Waals surface area contributed by atoms with Gasteiger partial charge in [0.1, 0.15) is 10.0 Å². The van der Waals surface area contributed by atoms with Gasteiger partial charge < -0.3 is 10.6 Å². The van der Waals surface area contributed by atoms with E-state index in [4.69, 9.17) is 4.98 Å². The van der Waals surface area contributed by atoms with Gasteiger partial charge >= 0.3 is 0 Å². The van der Waals surface area contributed by atoms with Gasteiger partial charge in [-0.25, -0.2) is 9.97 Å². The number of guanidine groups is 1. The lowest BCUT2D eigenvalue weighted by Crippen LogP contribution is -2.37. The smallest absolute Gasteiger partial charge is 0.191 e. The van der Waals surface area contributed by atoms with Gasteiger partial charge in [0.2, 0.25) is 0 Å². The highest BCUT2D eigenvalue weighted by Crippen LogP contribution is 2.23. The molecule has 0 atom stereocenters. The summed E-state index contributed by atoms with van der Waals surface area (Å²) in [5, 5.41) is 10.9. The van der Waals surface area contributed by atoms with Gasteiger partial charge in [0.15, 0.2) is 5.96 Å². The lowest BCUT2D eigenvalue weighted by molar-refractivity contribution is 0.784. The summed E-state index contributed by atoms with van der Waals surface area (Å²) in [4.78, 5) is 14.8. The highest BCUT2D eigenvalue weighted by atomic mass is 127. The summed E-state index contributed by atoms with van der Waals surface area (Å²) < 4.78 is 0. The van der Waals surface area contributed by atoms with Gasteiger partial charge in [-0.2, -0.15) is 0 Å². The Balaban J connectivity index is 0.00000261. The maximum atomic E-state index is 4.72. The van der Waals surface area contributed by atoms with Crippen LogP contribution in [0.3, 0.4) is 0 Å². The minimum absolute atomic E-state index is 0. The van der Waals surface area contributed by atoms with Crippen molar-refractivity contribution in [2.45, 2.75) is 26.8 Å². The number of aryl methyl sites for hydroxylation is 2. The molecule has 0 radical (unpaired) electrons. The van der Waals surface area contributed by atoms with E-state index in [0.29, 0.717) is 6.54 Å². The van der Waals surface area contributed by atoms with Gasteiger partial charge in [0.05, 0.1) is 17.9 Å². The van der Waals surface area contributed by atoms with E-state index in [9.17, 15) is 0 Å². The lowest BCUT2D eigenvalue weighted by Gasteiger charge is -2.10. The quantitative estimate of drug-likeness (QED) is 0.291. The van der Waals surface area contributed by atoms with Crippen LogP contribution in [0.4, 0.5) is 0 Å². The van der Waals surface area contributed by atoms with Crippen molar-refractivity contribution in [3.05, 3.63) is 57.0 Å². The molecule has 2 aromatic heterocycles. The summed E-state index contributed by atoms with van der Waals surface area (Å²) in [5.74, 6) is 0.786. The zero-order valence-corrected chi connectivity index (χ0v) is 19.6. The molecule has 8 heteroatoms. The maximum absolute atomic E-state index is 4.72. The third kappa shape index (κ3) is 6.25. The molecule has 0 bridgehead atoms. The Bertz CT molecular complexity index is 854. The van der Waals surface area contributed by atoms with Crippen molar-refractivity contribution in [1.82, 2.24) is 20.6 Å². The van der Waals surface area contributed by atoms with E-state index in [-0.39, 0.29) is 24.0 Å². The Morgan fingerprint density at radius 1 is 1.11 bits per heavy atom. The predicted molar refractivity (Wildman–Crippen MR) is 126 cm³/mol. The molecule has 3 aromatic rings. The number of hydrogen-bond donors (Lipinski definition) is 2. The second kappa shape index (κ2) is 10.7. The van der Waals surface area contributed by atoms with Gasteiger partial charge in [0.25, 0.3) is 0 Å². The number of rotatable bonds is 6. The monoisotopic (exact) mass is 513 g/mol. The van der Waals surface area contributed by atoms with Crippen LogP contribution in [-0.2, 0) is 13.0 Å². The SMILES string of the molecule is CN=C(NCCc1csc(-c2ccccc2)n1)NCc1nc(C)c(C)s1.I. The van der Waals surface area contributed by atoms with Crippen LogP contribution in [0.15, 0.2) is 40.7 Å². The molecule has 0 spiro atoms. The molecule has 27 heavy (non-hydrogen) atoms. The molecule has 0 unspecified atom stereocenters. The first-order valence-electron chi connectivity index (χ1n) is 8.53. The molecule has 0 fully saturated rings. The molecule has 144 valence electrons. The van der Waals surface area contributed by atoms with E-state index >= 15 is 0 Å². The second-order valence-corrected chi connectivity index (χ2v) is 8.01. The van der Waals surface area contributed by atoms with E-state index in [0.717, 1.165) is 40.3 Å². The van der Waals surface area contributed by atoms with Crippen molar-refractivity contribution in [2.24, 2.45) is 4.99 Å². The number of benzene rings is 1. The number of nitrogens with one attached hydrogen (secondary N) is 2. The molecule has 0 saturated carbocycles. The first-order chi connectivity index (χ1) is 12.7. The number of nitrogens with zero attached hydrogens (tertiary/aromatic N) is 3. The van der Waals surface area contributed by atoms with Crippen molar-refractivity contribution in [2.75, 3.05) is 13.6 Å². The maximum Gasteiger partial charge on any atom is 0.191 e. The highest BCUT2D eigenvalue weighted by molar-refractivity contribution is 14.0. The fourth-order valence-corrected chi connectivity index (χ4v) is 4.17. The van der Waals surface area contributed by atoms with Crippen molar-refractivity contribution in [3.63, 3.8) is 0 Å². The van der Waals surface area contributed by atoms with E-state index < -0.39 is 0 Å². The Hall–Kier alpha value is -1.52. The van der Waals surface area contributed by atoms with Crippen LogP contribution in [0.1, 0.15) is 21.3 Å². The normalized spacial score (nSPS) is 11.1. The zero-order chi connectivity index (χ0) is 18.4. The van der Waals surface area contributed by atoms with Crippen LogP contribution in [0.2, 0.25) is 0 Å². The molecule has 0 saturated heterocycles. The van der Waals surface area contributed by atoms with Crippen LogP contribution < -0.4 is 10.6 Å². The number of aromatic nitrogens is 2. The minimum Gasteiger partial charge on any atom is -0.356 e. The molecule has 1 aromatic carbocycles.